The Balaban J connectivity index is 2.28. The molecule has 0 aromatic heterocycles. The van der Waals surface area contributed by atoms with E-state index in [-0.39, 0.29) is 11.6 Å². The van der Waals surface area contributed by atoms with Gasteiger partial charge in [-0.2, -0.15) is 5.10 Å². The zero-order chi connectivity index (χ0) is 13.1. The van der Waals surface area contributed by atoms with Crippen molar-refractivity contribution >= 4 is 23.0 Å². The van der Waals surface area contributed by atoms with E-state index >= 15 is 0 Å². The molecule has 18 heavy (non-hydrogen) atoms. The number of amides is 1. The summed E-state index contributed by atoms with van der Waals surface area (Å²) in [7, 11) is 0. The number of rotatable bonds is 4. The number of nitro benzene ring substituents is 1. The first-order valence-electron chi connectivity index (χ1n) is 5.75. The highest BCUT2D eigenvalue weighted by molar-refractivity contribution is 6.13. The molecule has 1 aliphatic rings. The first-order valence-corrected chi connectivity index (χ1v) is 5.75. The average Bonchev–Trinajstić information content (AvgIpc) is 2.71. The lowest BCUT2D eigenvalue weighted by Gasteiger charge is -2.10. The van der Waals surface area contributed by atoms with Crippen molar-refractivity contribution in [1.82, 2.24) is 0 Å². The van der Waals surface area contributed by atoms with E-state index in [9.17, 15) is 14.9 Å². The molecule has 0 bridgehead atoms. The molecule has 0 radical (unpaired) electrons. The highest BCUT2D eigenvalue weighted by Gasteiger charge is 2.25. The Bertz CT molecular complexity index is 525. The number of anilines is 1. The number of hydrogen-bond donors (Lipinski definition) is 0. The van der Waals surface area contributed by atoms with Gasteiger partial charge in [-0.1, -0.05) is 19.4 Å². The molecule has 0 N–H and O–H groups in total. The van der Waals surface area contributed by atoms with Crippen molar-refractivity contribution < 1.29 is 9.72 Å². The molecule has 1 aliphatic heterocycles. The molecule has 6 nitrogen and oxygen atoms in total. The standard InChI is InChI=1S/C12H13N3O3/c1-2-4-9-7-12(16)14(13-9)10-5-3-6-11(8-10)15(17)18/h3,5-6,8H,2,4,7H2,1H3. The molecule has 1 heterocycles. The Morgan fingerprint density at radius 1 is 1.50 bits per heavy atom. The smallest absolute Gasteiger partial charge is 0.271 e. The number of nitro groups is 1. The van der Waals surface area contributed by atoms with Crippen LogP contribution in [0, 0.1) is 10.1 Å². The van der Waals surface area contributed by atoms with Crippen LogP contribution >= 0.6 is 0 Å². The summed E-state index contributed by atoms with van der Waals surface area (Å²) in [6.07, 6.45) is 2.00. The van der Waals surface area contributed by atoms with Crippen molar-refractivity contribution in [2.45, 2.75) is 26.2 Å². The van der Waals surface area contributed by atoms with Gasteiger partial charge in [0, 0.05) is 17.8 Å². The quantitative estimate of drug-likeness (QED) is 0.605. The third-order valence-corrected chi connectivity index (χ3v) is 2.66. The van der Waals surface area contributed by atoms with Crippen LogP contribution < -0.4 is 5.01 Å². The summed E-state index contributed by atoms with van der Waals surface area (Å²) in [5.74, 6) is -0.140. The Morgan fingerprint density at radius 2 is 2.28 bits per heavy atom. The number of carbonyl (C=O) groups excluding carboxylic acids is 1. The number of nitrogens with zero attached hydrogens (tertiary/aromatic N) is 3. The van der Waals surface area contributed by atoms with Gasteiger partial charge in [0.1, 0.15) is 0 Å². The molecule has 0 unspecified atom stereocenters. The predicted molar refractivity (Wildman–Crippen MR) is 67.5 cm³/mol. The molecule has 1 amide bonds. The van der Waals surface area contributed by atoms with Gasteiger partial charge in [0.15, 0.2) is 0 Å². The maximum atomic E-state index is 11.8. The third kappa shape index (κ3) is 2.37. The highest BCUT2D eigenvalue weighted by Crippen LogP contribution is 2.25. The monoisotopic (exact) mass is 247 g/mol. The van der Waals surface area contributed by atoms with Crippen molar-refractivity contribution in [3.63, 3.8) is 0 Å². The van der Waals surface area contributed by atoms with Crippen LogP contribution in [0.4, 0.5) is 11.4 Å². The summed E-state index contributed by atoms with van der Waals surface area (Å²) in [5.41, 5.74) is 1.23. The van der Waals surface area contributed by atoms with Crippen LogP contribution in [0.15, 0.2) is 29.4 Å². The largest absolute Gasteiger partial charge is 0.272 e. The van der Waals surface area contributed by atoms with Gasteiger partial charge in [-0.15, -0.1) is 0 Å². The molecule has 1 aromatic rings. The maximum absolute atomic E-state index is 11.8. The molecule has 2 rings (SSSR count). The minimum Gasteiger partial charge on any atom is -0.272 e. The summed E-state index contributed by atoms with van der Waals surface area (Å²) in [4.78, 5) is 22.0. The van der Waals surface area contributed by atoms with Gasteiger partial charge in [0.25, 0.3) is 11.6 Å². The first-order chi connectivity index (χ1) is 8.61. The molecule has 0 saturated carbocycles. The molecule has 0 aliphatic carbocycles. The van der Waals surface area contributed by atoms with Gasteiger partial charge in [0.05, 0.1) is 17.0 Å². The van der Waals surface area contributed by atoms with E-state index in [4.69, 9.17) is 0 Å². The van der Waals surface area contributed by atoms with Gasteiger partial charge in [-0.3, -0.25) is 14.9 Å². The number of hydrogen-bond acceptors (Lipinski definition) is 4. The van der Waals surface area contributed by atoms with Gasteiger partial charge in [-0.05, 0) is 12.5 Å². The van der Waals surface area contributed by atoms with E-state index < -0.39 is 4.92 Å². The summed E-state index contributed by atoms with van der Waals surface area (Å²) in [6.45, 7) is 2.02. The van der Waals surface area contributed by atoms with Gasteiger partial charge in [-0.25, -0.2) is 5.01 Å². The second-order valence-electron chi connectivity index (χ2n) is 4.08. The van der Waals surface area contributed by atoms with Crippen LogP contribution in [-0.2, 0) is 4.79 Å². The average molecular weight is 247 g/mol. The Labute approximate surface area is 104 Å². The van der Waals surface area contributed by atoms with E-state index in [1.54, 1.807) is 12.1 Å². The molecule has 0 fully saturated rings. The van der Waals surface area contributed by atoms with Crippen LogP contribution in [0.1, 0.15) is 26.2 Å². The third-order valence-electron chi connectivity index (χ3n) is 2.66. The number of benzene rings is 1. The topological polar surface area (TPSA) is 75.8 Å². The fraction of sp³-hybridized carbons (Fsp3) is 0.333. The van der Waals surface area contributed by atoms with Crippen molar-refractivity contribution in [2.75, 3.05) is 5.01 Å². The lowest BCUT2D eigenvalue weighted by atomic mass is 10.2. The van der Waals surface area contributed by atoms with Gasteiger partial charge < -0.3 is 0 Å². The molecule has 0 atom stereocenters. The van der Waals surface area contributed by atoms with E-state index in [0.29, 0.717) is 12.1 Å². The van der Waals surface area contributed by atoms with Crippen LogP contribution in [0.2, 0.25) is 0 Å². The van der Waals surface area contributed by atoms with E-state index in [2.05, 4.69) is 5.10 Å². The molecule has 0 saturated heterocycles. The number of non-ortho nitro benzene ring substituents is 1. The second kappa shape index (κ2) is 4.95. The second-order valence-corrected chi connectivity index (χ2v) is 4.08. The van der Waals surface area contributed by atoms with Crippen molar-refractivity contribution in [3.05, 3.63) is 34.4 Å². The molecule has 94 valence electrons. The van der Waals surface area contributed by atoms with Crippen LogP contribution in [0.25, 0.3) is 0 Å². The Morgan fingerprint density at radius 3 is 2.94 bits per heavy atom. The van der Waals surface area contributed by atoms with E-state index in [1.807, 2.05) is 6.92 Å². The van der Waals surface area contributed by atoms with Gasteiger partial charge in [0.2, 0.25) is 0 Å². The van der Waals surface area contributed by atoms with Crippen molar-refractivity contribution in [2.24, 2.45) is 5.10 Å². The Kier molecular flexibility index (Phi) is 3.36. The first kappa shape index (κ1) is 12.2. The molecular weight excluding hydrogens is 234 g/mol. The van der Waals surface area contributed by atoms with Crippen LogP contribution in [0.5, 0.6) is 0 Å². The van der Waals surface area contributed by atoms with Crippen LogP contribution in [0.3, 0.4) is 0 Å². The zero-order valence-electron chi connectivity index (χ0n) is 10.00. The normalized spacial score (nSPS) is 14.8. The number of carbonyl (C=O) groups is 1. The molecular formula is C12H13N3O3. The van der Waals surface area contributed by atoms with Crippen molar-refractivity contribution in [3.8, 4) is 0 Å². The van der Waals surface area contributed by atoms with E-state index in [0.717, 1.165) is 18.6 Å². The minimum absolute atomic E-state index is 0.0422. The van der Waals surface area contributed by atoms with Crippen LogP contribution in [-0.4, -0.2) is 16.5 Å². The molecule has 1 aromatic carbocycles. The summed E-state index contributed by atoms with van der Waals surface area (Å²) in [5, 5.41) is 16.1. The Hall–Kier alpha value is -2.24. The fourth-order valence-electron chi connectivity index (χ4n) is 1.85. The molecule has 0 spiro atoms. The lowest BCUT2D eigenvalue weighted by Crippen LogP contribution is -2.19. The minimum atomic E-state index is -0.485. The van der Waals surface area contributed by atoms with Crippen molar-refractivity contribution in [1.29, 1.82) is 0 Å². The predicted octanol–water partition coefficient (Wildman–Crippen LogP) is 2.49. The maximum Gasteiger partial charge on any atom is 0.271 e. The summed E-state index contributed by atoms with van der Waals surface area (Å²) < 4.78 is 0. The zero-order valence-corrected chi connectivity index (χ0v) is 10.00. The fourth-order valence-corrected chi connectivity index (χ4v) is 1.85. The highest BCUT2D eigenvalue weighted by atomic mass is 16.6. The number of hydrazone groups is 1. The van der Waals surface area contributed by atoms with E-state index in [1.165, 1.54) is 17.1 Å². The molecule has 6 heteroatoms. The lowest BCUT2D eigenvalue weighted by molar-refractivity contribution is -0.384. The SMILES string of the molecule is CCCC1=NN(c2cccc([N+](=O)[O-])c2)C(=O)C1. The summed E-state index contributed by atoms with van der Waals surface area (Å²) in [6, 6.07) is 5.94. The summed E-state index contributed by atoms with van der Waals surface area (Å²) >= 11 is 0. The van der Waals surface area contributed by atoms with Gasteiger partial charge >= 0.3 is 0 Å².